The molecule has 1 N–H and O–H groups in total. The number of nitrogens with one attached hydrogen (secondary N) is 1. The second-order valence-corrected chi connectivity index (χ2v) is 3.98. The lowest BCUT2D eigenvalue weighted by Crippen LogP contribution is -2.14. The maximum atomic E-state index is 5.09. The number of hydrogen-bond donors (Lipinski definition) is 1. The predicted molar refractivity (Wildman–Crippen MR) is 72.1 cm³/mol. The van der Waals surface area contributed by atoms with Crippen LogP contribution in [0, 0.1) is 0 Å². The Labute approximate surface area is 112 Å². The zero-order valence-corrected chi connectivity index (χ0v) is 11.1. The molecule has 0 aliphatic rings. The number of methoxy groups -OCH3 is 2. The number of aromatic nitrogens is 2. The number of hydrogen-bond acceptors (Lipinski definition) is 5. The Bertz CT molecular complexity index is 484. The van der Waals surface area contributed by atoms with Crippen molar-refractivity contribution < 1.29 is 9.47 Å². The van der Waals surface area contributed by atoms with Gasteiger partial charge in [-0.1, -0.05) is 6.07 Å². The van der Waals surface area contributed by atoms with Crippen molar-refractivity contribution in [3.8, 4) is 11.8 Å². The van der Waals surface area contributed by atoms with Gasteiger partial charge >= 0.3 is 0 Å². The molecule has 2 aromatic heterocycles. The molecule has 0 unspecified atom stereocenters. The van der Waals surface area contributed by atoms with E-state index in [0.717, 1.165) is 17.8 Å². The van der Waals surface area contributed by atoms with E-state index < -0.39 is 0 Å². The highest BCUT2D eigenvalue weighted by Crippen LogP contribution is 2.09. The molecule has 0 saturated carbocycles. The number of rotatable bonds is 6. The van der Waals surface area contributed by atoms with Gasteiger partial charge in [-0.05, 0) is 17.7 Å². The summed E-state index contributed by atoms with van der Waals surface area (Å²) in [7, 11) is 3.22. The van der Waals surface area contributed by atoms with Gasteiger partial charge in [0, 0.05) is 31.4 Å². The van der Waals surface area contributed by atoms with Gasteiger partial charge in [-0.25, -0.2) is 9.97 Å². The summed E-state index contributed by atoms with van der Waals surface area (Å²) in [5.41, 5.74) is 2.06. The Kier molecular flexibility index (Phi) is 4.69. The van der Waals surface area contributed by atoms with Gasteiger partial charge in [-0.2, -0.15) is 0 Å². The minimum Gasteiger partial charge on any atom is -0.481 e. The van der Waals surface area contributed by atoms with E-state index in [1.54, 1.807) is 20.4 Å². The van der Waals surface area contributed by atoms with Crippen LogP contribution in [0.2, 0.25) is 0 Å². The van der Waals surface area contributed by atoms with Crippen molar-refractivity contribution in [2.75, 3.05) is 14.2 Å². The molecule has 0 radical (unpaired) electrons. The normalized spacial score (nSPS) is 10.2. The minimum absolute atomic E-state index is 0.624. The first kappa shape index (κ1) is 13.3. The Hall–Kier alpha value is -2.14. The quantitative estimate of drug-likeness (QED) is 0.857. The molecule has 5 heteroatoms. The van der Waals surface area contributed by atoms with Crippen LogP contribution in [-0.2, 0) is 13.1 Å². The zero-order chi connectivity index (χ0) is 13.5. The van der Waals surface area contributed by atoms with Crippen molar-refractivity contribution >= 4 is 0 Å². The van der Waals surface area contributed by atoms with Crippen molar-refractivity contribution in [1.82, 2.24) is 15.3 Å². The van der Waals surface area contributed by atoms with E-state index in [0.29, 0.717) is 18.3 Å². The molecule has 2 rings (SSSR count). The van der Waals surface area contributed by atoms with Crippen LogP contribution in [0.3, 0.4) is 0 Å². The van der Waals surface area contributed by atoms with Crippen molar-refractivity contribution in [3.63, 3.8) is 0 Å². The molecule has 19 heavy (non-hydrogen) atoms. The number of nitrogens with zero attached hydrogens (tertiary/aromatic N) is 2. The molecule has 2 heterocycles. The molecule has 2 aromatic rings. The van der Waals surface area contributed by atoms with Crippen LogP contribution in [-0.4, -0.2) is 24.2 Å². The molecule has 0 amide bonds. The van der Waals surface area contributed by atoms with E-state index in [1.165, 1.54) is 0 Å². The predicted octanol–water partition coefficient (Wildman–Crippen LogP) is 1.78. The van der Waals surface area contributed by atoms with E-state index in [1.807, 2.05) is 30.3 Å². The van der Waals surface area contributed by atoms with Gasteiger partial charge in [0.2, 0.25) is 11.8 Å². The van der Waals surface area contributed by atoms with Crippen molar-refractivity contribution in [3.05, 3.63) is 47.8 Å². The molecule has 0 saturated heterocycles. The van der Waals surface area contributed by atoms with Gasteiger partial charge in [0.1, 0.15) is 0 Å². The Morgan fingerprint density at radius 2 is 1.89 bits per heavy atom. The summed E-state index contributed by atoms with van der Waals surface area (Å²) in [6, 6.07) is 9.58. The molecule has 5 nitrogen and oxygen atoms in total. The molecule has 0 bridgehead atoms. The maximum absolute atomic E-state index is 5.09. The third-order valence-corrected chi connectivity index (χ3v) is 2.63. The fourth-order valence-corrected chi connectivity index (χ4v) is 1.68. The van der Waals surface area contributed by atoms with Crippen LogP contribution in [0.1, 0.15) is 11.3 Å². The summed E-state index contributed by atoms with van der Waals surface area (Å²) in [5.74, 6) is 1.25. The average Bonchev–Trinajstić information content (AvgIpc) is 2.48. The lowest BCUT2D eigenvalue weighted by Gasteiger charge is -2.06. The summed E-state index contributed by atoms with van der Waals surface area (Å²) in [5, 5.41) is 3.32. The van der Waals surface area contributed by atoms with Crippen LogP contribution >= 0.6 is 0 Å². The first-order valence-corrected chi connectivity index (χ1v) is 6.01. The highest BCUT2D eigenvalue weighted by atomic mass is 16.5. The average molecular weight is 259 g/mol. The van der Waals surface area contributed by atoms with E-state index in [2.05, 4.69) is 15.3 Å². The molecule has 100 valence electrons. The van der Waals surface area contributed by atoms with Gasteiger partial charge < -0.3 is 14.8 Å². The van der Waals surface area contributed by atoms with E-state index in [9.17, 15) is 0 Å². The second kappa shape index (κ2) is 6.70. The van der Waals surface area contributed by atoms with Gasteiger partial charge in [-0.15, -0.1) is 0 Å². The molecule has 0 atom stereocenters. The lowest BCUT2D eigenvalue weighted by atomic mass is 10.2. The van der Waals surface area contributed by atoms with Gasteiger partial charge in [0.05, 0.1) is 19.9 Å². The summed E-state index contributed by atoms with van der Waals surface area (Å²) in [6.07, 6.45) is 1.74. The lowest BCUT2D eigenvalue weighted by molar-refractivity contribution is 0.395. The first-order valence-electron chi connectivity index (χ1n) is 6.01. The van der Waals surface area contributed by atoms with Crippen LogP contribution < -0.4 is 14.8 Å². The highest BCUT2D eigenvalue weighted by Gasteiger charge is 1.99. The molecule has 0 aliphatic heterocycles. The third kappa shape index (κ3) is 3.93. The highest BCUT2D eigenvalue weighted by molar-refractivity contribution is 5.20. The SMILES string of the molecule is COc1cc(CNCc2cccc(OC)n2)ccn1. The van der Waals surface area contributed by atoms with Crippen LogP contribution in [0.25, 0.3) is 0 Å². The summed E-state index contributed by atoms with van der Waals surface area (Å²) in [6.45, 7) is 1.42. The third-order valence-electron chi connectivity index (χ3n) is 2.63. The second-order valence-electron chi connectivity index (χ2n) is 3.98. The van der Waals surface area contributed by atoms with E-state index in [-0.39, 0.29) is 0 Å². The zero-order valence-electron chi connectivity index (χ0n) is 11.1. The topological polar surface area (TPSA) is 56.3 Å². The molecule has 0 spiro atoms. The summed E-state index contributed by atoms with van der Waals surface area (Å²) < 4.78 is 10.2. The van der Waals surface area contributed by atoms with Gasteiger partial charge in [0.25, 0.3) is 0 Å². The monoisotopic (exact) mass is 259 g/mol. The molecule has 0 fully saturated rings. The molecule has 0 aromatic carbocycles. The Morgan fingerprint density at radius 1 is 1.05 bits per heavy atom. The maximum Gasteiger partial charge on any atom is 0.213 e. The van der Waals surface area contributed by atoms with Crippen LogP contribution in [0.4, 0.5) is 0 Å². The fourth-order valence-electron chi connectivity index (χ4n) is 1.68. The smallest absolute Gasteiger partial charge is 0.213 e. The molecular formula is C14H17N3O2. The summed E-state index contributed by atoms with van der Waals surface area (Å²) in [4.78, 5) is 8.40. The Morgan fingerprint density at radius 3 is 2.68 bits per heavy atom. The summed E-state index contributed by atoms with van der Waals surface area (Å²) >= 11 is 0. The number of pyridine rings is 2. The minimum atomic E-state index is 0.624. The fraction of sp³-hybridized carbons (Fsp3) is 0.286. The molecule has 0 aliphatic carbocycles. The standard InChI is InChI=1S/C14H17N3O2/c1-18-13-5-3-4-12(17-13)10-15-9-11-6-7-16-14(8-11)19-2/h3-8,15H,9-10H2,1-2H3. The largest absolute Gasteiger partial charge is 0.481 e. The molecular weight excluding hydrogens is 242 g/mol. The Balaban J connectivity index is 1.88. The van der Waals surface area contributed by atoms with Crippen molar-refractivity contribution in [2.24, 2.45) is 0 Å². The first-order chi connectivity index (χ1) is 9.31. The number of ether oxygens (including phenoxy) is 2. The van der Waals surface area contributed by atoms with E-state index in [4.69, 9.17) is 9.47 Å². The van der Waals surface area contributed by atoms with Crippen molar-refractivity contribution in [2.45, 2.75) is 13.1 Å². The van der Waals surface area contributed by atoms with Gasteiger partial charge in [0.15, 0.2) is 0 Å². The van der Waals surface area contributed by atoms with Crippen LogP contribution in [0.5, 0.6) is 11.8 Å². The van der Waals surface area contributed by atoms with Gasteiger partial charge in [-0.3, -0.25) is 0 Å². The van der Waals surface area contributed by atoms with Crippen molar-refractivity contribution in [1.29, 1.82) is 0 Å². The van der Waals surface area contributed by atoms with E-state index >= 15 is 0 Å². The van der Waals surface area contributed by atoms with Crippen LogP contribution in [0.15, 0.2) is 36.5 Å².